The van der Waals surface area contributed by atoms with Crippen molar-refractivity contribution in [1.82, 2.24) is 19.2 Å². The van der Waals surface area contributed by atoms with Crippen molar-refractivity contribution in [3.63, 3.8) is 0 Å². The Bertz CT molecular complexity index is 1010. The van der Waals surface area contributed by atoms with E-state index < -0.39 is 0 Å². The zero-order valence-corrected chi connectivity index (χ0v) is 16.9. The van der Waals surface area contributed by atoms with Gasteiger partial charge in [-0.25, -0.2) is 9.78 Å². The van der Waals surface area contributed by atoms with E-state index in [2.05, 4.69) is 4.98 Å². The van der Waals surface area contributed by atoms with Gasteiger partial charge in [-0.2, -0.15) is 0 Å². The van der Waals surface area contributed by atoms with E-state index >= 15 is 0 Å². The Morgan fingerprint density at radius 2 is 1.83 bits per heavy atom. The summed E-state index contributed by atoms with van der Waals surface area (Å²) < 4.78 is 12.8. The van der Waals surface area contributed by atoms with Gasteiger partial charge in [-0.1, -0.05) is 12.1 Å². The predicted octanol–water partition coefficient (Wildman–Crippen LogP) is 2.83. The number of nitrogens with zero attached hydrogens (tertiary/aromatic N) is 4. The zero-order chi connectivity index (χ0) is 20.9. The van der Waals surface area contributed by atoms with Gasteiger partial charge in [-0.3, -0.25) is 4.79 Å². The van der Waals surface area contributed by atoms with E-state index in [-0.39, 0.29) is 12.0 Å². The summed E-state index contributed by atoms with van der Waals surface area (Å²) in [7, 11) is 0. The molecule has 0 aliphatic carbocycles. The molecule has 3 aromatic rings. The van der Waals surface area contributed by atoms with E-state index in [1.807, 2.05) is 41.1 Å². The van der Waals surface area contributed by atoms with E-state index in [0.717, 1.165) is 11.3 Å². The second-order valence-electron chi connectivity index (χ2n) is 6.99. The highest BCUT2D eigenvalue weighted by molar-refractivity contribution is 5.94. The Labute approximate surface area is 174 Å². The fourth-order valence-corrected chi connectivity index (χ4v) is 3.42. The largest absolute Gasteiger partial charge is 0.487 e. The summed E-state index contributed by atoms with van der Waals surface area (Å²) in [4.78, 5) is 32.6. The Kier molecular flexibility index (Phi) is 5.83. The number of piperazine rings is 1. The summed E-state index contributed by atoms with van der Waals surface area (Å²) in [5.41, 5.74) is 2.24. The van der Waals surface area contributed by atoms with Crippen LogP contribution in [0.25, 0.3) is 5.65 Å². The number of carbonyl (C=O) groups excluding carboxylic acids is 2. The minimum Gasteiger partial charge on any atom is -0.487 e. The quantitative estimate of drug-likeness (QED) is 0.649. The average molecular weight is 408 g/mol. The molecule has 1 saturated heterocycles. The molecule has 0 saturated carbocycles. The molecule has 30 heavy (non-hydrogen) atoms. The van der Waals surface area contributed by atoms with Crippen LogP contribution in [0.2, 0.25) is 0 Å². The monoisotopic (exact) mass is 408 g/mol. The third kappa shape index (κ3) is 4.37. The molecule has 0 N–H and O–H groups in total. The topological polar surface area (TPSA) is 76.4 Å². The first-order valence-corrected chi connectivity index (χ1v) is 10.0. The Morgan fingerprint density at radius 3 is 2.60 bits per heavy atom. The molecule has 2 aromatic heterocycles. The molecule has 4 rings (SSSR count). The van der Waals surface area contributed by atoms with Gasteiger partial charge >= 0.3 is 6.09 Å². The van der Waals surface area contributed by atoms with Crippen LogP contribution in [-0.4, -0.2) is 64.0 Å². The third-order valence-electron chi connectivity index (χ3n) is 4.97. The van der Waals surface area contributed by atoms with E-state index in [9.17, 15) is 9.59 Å². The van der Waals surface area contributed by atoms with Crippen LogP contribution in [0.15, 0.2) is 54.9 Å². The van der Waals surface area contributed by atoms with Gasteiger partial charge in [0.15, 0.2) is 0 Å². The van der Waals surface area contributed by atoms with Crippen molar-refractivity contribution in [2.45, 2.75) is 13.5 Å². The first-order chi connectivity index (χ1) is 14.6. The van der Waals surface area contributed by atoms with Crippen molar-refractivity contribution in [2.24, 2.45) is 0 Å². The standard InChI is InChI=1S/C22H24N4O4/c1-2-29-22(28)25-12-10-24(11-13-25)21(27)17-6-5-7-19(14-17)30-16-18-15-26-9-4-3-8-20(26)23-18/h3-9,14-15H,2,10-13,16H2,1H3. The third-order valence-corrected chi connectivity index (χ3v) is 4.97. The van der Waals surface area contributed by atoms with E-state index in [0.29, 0.717) is 50.7 Å². The Hall–Kier alpha value is -3.55. The predicted molar refractivity (Wildman–Crippen MR) is 110 cm³/mol. The highest BCUT2D eigenvalue weighted by Gasteiger charge is 2.25. The number of aromatic nitrogens is 2. The minimum absolute atomic E-state index is 0.0725. The maximum atomic E-state index is 12.9. The number of fused-ring (bicyclic) bond motifs is 1. The molecule has 3 heterocycles. The van der Waals surface area contributed by atoms with Crippen molar-refractivity contribution >= 4 is 17.6 Å². The summed E-state index contributed by atoms with van der Waals surface area (Å²) >= 11 is 0. The molecule has 1 aliphatic rings. The van der Waals surface area contributed by atoms with Gasteiger partial charge in [-0.15, -0.1) is 0 Å². The molecule has 0 bridgehead atoms. The fraction of sp³-hybridized carbons (Fsp3) is 0.318. The minimum atomic E-state index is -0.327. The number of amides is 2. The van der Waals surface area contributed by atoms with Crippen LogP contribution in [0.1, 0.15) is 23.0 Å². The summed E-state index contributed by atoms with van der Waals surface area (Å²) in [6, 6.07) is 13.0. The lowest BCUT2D eigenvalue weighted by atomic mass is 10.1. The van der Waals surface area contributed by atoms with Crippen molar-refractivity contribution in [3.05, 3.63) is 66.1 Å². The molecule has 0 spiro atoms. The van der Waals surface area contributed by atoms with E-state index in [1.54, 1.807) is 34.9 Å². The molecule has 0 atom stereocenters. The van der Waals surface area contributed by atoms with Gasteiger partial charge in [0.25, 0.3) is 5.91 Å². The zero-order valence-electron chi connectivity index (χ0n) is 16.9. The van der Waals surface area contributed by atoms with Crippen molar-refractivity contribution in [3.8, 4) is 5.75 Å². The molecule has 0 unspecified atom stereocenters. The first-order valence-electron chi connectivity index (χ1n) is 10.0. The summed E-state index contributed by atoms with van der Waals surface area (Å²) in [6.07, 6.45) is 3.53. The number of benzene rings is 1. The Morgan fingerprint density at radius 1 is 1.03 bits per heavy atom. The molecule has 1 fully saturated rings. The van der Waals surface area contributed by atoms with Crippen molar-refractivity contribution in [2.75, 3.05) is 32.8 Å². The van der Waals surface area contributed by atoms with E-state index in [1.165, 1.54) is 0 Å². The number of rotatable bonds is 5. The average Bonchev–Trinajstić information content (AvgIpc) is 3.21. The summed E-state index contributed by atoms with van der Waals surface area (Å²) in [6.45, 7) is 4.33. The highest BCUT2D eigenvalue weighted by atomic mass is 16.6. The lowest BCUT2D eigenvalue weighted by Crippen LogP contribution is -2.50. The Balaban J connectivity index is 1.36. The normalized spacial score (nSPS) is 14.0. The van der Waals surface area contributed by atoms with Gasteiger partial charge in [-0.05, 0) is 37.3 Å². The molecule has 0 radical (unpaired) electrons. The van der Waals surface area contributed by atoms with Crippen LogP contribution < -0.4 is 4.74 Å². The maximum Gasteiger partial charge on any atom is 0.409 e. The lowest BCUT2D eigenvalue weighted by molar-refractivity contribution is 0.0570. The van der Waals surface area contributed by atoms with Crippen LogP contribution in [0.3, 0.4) is 0 Å². The fourth-order valence-electron chi connectivity index (χ4n) is 3.42. The second-order valence-corrected chi connectivity index (χ2v) is 6.99. The molecule has 2 amide bonds. The lowest BCUT2D eigenvalue weighted by Gasteiger charge is -2.34. The van der Waals surface area contributed by atoms with E-state index in [4.69, 9.17) is 9.47 Å². The van der Waals surface area contributed by atoms with Crippen molar-refractivity contribution in [1.29, 1.82) is 0 Å². The van der Waals surface area contributed by atoms with Gasteiger partial charge in [0.1, 0.15) is 18.0 Å². The number of hydrogen-bond donors (Lipinski definition) is 0. The molecule has 8 heteroatoms. The number of pyridine rings is 1. The maximum absolute atomic E-state index is 12.9. The SMILES string of the molecule is CCOC(=O)N1CCN(C(=O)c2cccc(OCc3cn4ccccc4n3)c2)CC1. The van der Waals surface area contributed by atoms with Crippen molar-refractivity contribution < 1.29 is 19.1 Å². The number of hydrogen-bond acceptors (Lipinski definition) is 5. The van der Waals surface area contributed by atoms with Crippen LogP contribution in [0.4, 0.5) is 4.79 Å². The smallest absolute Gasteiger partial charge is 0.409 e. The molecular weight excluding hydrogens is 384 g/mol. The molecule has 1 aromatic carbocycles. The van der Waals surface area contributed by atoms with Gasteiger partial charge in [0.2, 0.25) is 0 Å². The first kappa shape index (κ1) is 19.8. The van der Waals surface area contributed by atoms with Crippen LogP contribution in [-0.2, 0) is 11.3 Å². The van der Waals surface area contributed by atoms with Gasteiger partial charge in [0.05, 0.1) is 12.3 Å². The van der Waals surface area contributed by atoms with Gasteiger partial charge in [0, 0.05) is 44.1 Å². The van der Waals surface area contributed by atoms with Crippen LogP contribution in [0, 0.1) is 0 Å². The molecule has 1 aliphatic heterocycles. The molecule has 156 valence electrons. The van der Waals surface area contributed by atoms with Gasteiger partial charge < -0.3 is 23.7 Å². The second kappa shape index (κ2) is 8.86. The number of imidazole rings is 1. The summed E-state index contributed by atoms with van der Waals surface area (Å²) in [5, 5.41) is 0. The number of carbonyl (C=O) groups is 2. The van der Waals surface area contributed by atoms with Crippen LogP contribution >= 0.6 is 0 Å². The van der Waals surface area contributed by atoms with Crippen LogP contribution in [0.5, 0.6) is 5.75 Å². The number of ether oxygens (including phenoxy) is 2. The molecular formula is C22H24N4O4. The summed E-state index contributed by atoms with van der Waals surface area (Å²) in [5.74, 6) is 0.541. The highest BCUT2D eigenvalue weighted by Crippen LogP contribution is 2.18. The molecule has 8 nitrogen and oxygen atoms in total.